The van der Waals surface area contributed by atoms with Gasteiger partial charge in [-0.3, -0.25) is 0 Å². The van der Waals surface area contributed by atoms with Gasteiger partial charge in [0, 0.05) is 24.9 Å². The third-order valence-electron chi connectivity index (χ3n) is 3.20. The van der Waals surface area contributed by atoms with Gasteiger partial charge in [-0.1, -0.05) is 0 Å². The largest absolute Gasteiger partial charge is 0.321 e. The molecule has 0 saturated carbocycles. The molecule has 1 heterocycles. The van der Waals surface area contributed by atoms with E-state index in [0.29, 0.717) is 30.2 Å². The molecule has 2 rings (SSSR count). The van der Waals surface area contributed by atoms with Gasteiger partial charge in [-0.15, -0.1) is 11.6 Å². The number of rotatable bonds is 5. The Kier molecular flexibility index (Phi) is 4.60. The van der Waals surface area contributed by atoms with Gasteiger partial charge in [0.2, 0.25) is 0 Å². The van der Waals surface area contributed by atoms with Crippen molar-refractivity contribution in [3.8, 4) is 0 Å². The zero-order valence-corrected chi connectivity index (χ0v) is 12.6. The van der Waals surface area contributed by atoms with E-state index in [1.807, 2.05) is 25.9 Å². The zero-order valence-electron chi connectivity index (χ0n) is 11.8. The van der Waals surface area contributed by atoms with E-state index < -0.39 is 11.6 Å². The van der Waals surface area contributed by atoms with Crippen LogP contribution in [0.4, 0.5) is 8.78 Å². The molecule has 2 aromatic rings. The summed E-state index contributed by atoms with van der Waals surface area (Å²) in [5, 5.41) is 0. The predicted octanol–water partition coefficient (Wildman–Crippen LogP) is 3.22. The average molecular weight is 302 g/mol. The number of halogens is 3. The molecule has 0 aliphatic carbocycles. The van der Waals surface area contributed by atoms with Crippen LogP contribution in [0.15, 0.2) is 12.1 Å². The fourth-order valence-electron chi connectivity index (χ4n) is 2.52. The molecule has 1 aromatic heterocycles. The van der Waals surface area contributed by atoms with Crippen molar-refractivity contribution in [1.29, 1.82) is 0 Å². The van der Waals surface area contributed by atoms with Crippen LogP contribution in [0.5, 0.6) is 0 Å². The molecule has 1 unspecified atom stereocenters. The van der Waals surface area contributed by atoms with Crippen LogP contribution in [0.3, 0.4) is 0 Å². The fourth-order valence-corrected chi connectivity index (χ4v) is 2.69. The quantitative estimate of drug-likeness (QED) is 0.791. The lowest BCUT2D eigenvalue weighted by molar-refractivity contribution is 0.335. The number of imidazole rings is 1. The lowest BCUT2D eigenvalue weighted by Crippen LogP contribution is -2.24. The standard InChI is InChI=1S/C14H18ClF2N3/c1-9(8-19(2)3)20-12(6-7-15)18-11-5-4-10(16)13(17)14(11)20/h4-5,9H,6-8H2,1-3H3. The number of likely N-dealkylation sites (N-methyl/N-ethyl adjacent to an activating group) is 1. The molecule has 110 valence electrons. The van der Waals surface area contributed by atoms with Crippen molar-refractivity contribution in [3.63, 3.8) is 0 Å². The monoisotopic (exact) mass is 301 g/mol. The Morgan fingerprint density at radius 1 is 1.35 bits per heavy atom. The molecule has 6 heteroatoms. The molecule has 1 aromatic carbocycles. The third-order valence-corrected chi connectivity index (χ3v) is 3.39. The van der Waals surface area contributed by atoms with E-state index in [1.54, 1.807) is 4.57 Å². The van der Waals surface area contributed by atoms with Crippen molar-refractivity contribution in [3.05, 3.63) is 29.6 Å². The van der Waals surface area contributed by atoms with Gasteiger partial charge >= 0.3 is 0 Å². The summed E-state index contributed by atoms with van der Waals surface area (Å²) >= 11 is 5.79. The number of alkyl halides is 1. The van der Waals surface area contributed by atoms with E-state index in [-0.39, 0.29) is 11.6 Å². The molecule has 3 nitrogen and oxygen atoms in total. The van der Waals surface area contributed by atoms with E-state index in [1.165, 1.54) is 6.07 Å². The van der Waals surface area contributed by atoms with Crippen LogP contribution in [0, 0.1) is 11.6 Å². The summed E-state index contributed by atoms with van der Waals surface area (Å²) in [5.74, 6) is -0.620. The average Bonchev–Trinajstić information content (AvgIpc) is 2.73. The highest BCUT2D eigenvalue weighted by Crippen LogP contribution is 2.26. The maximum atomic E-state index is 14.1. The van der Waals surface area contributed by atoms with Crippen molar-refractivity contribution >= 4 is 22.6 Å². The maximum absolute atomic E-state index is 14.1. The second-order valence-corrected chi connectivity index (χ2v) is 5.56. The van der Waals surface area contributed by atoms with Crippen molar-refractivity contribution in [1.82, 2.24) is 14.5 Å². The van der Waals surface area contributed by atoms with Crippen molar-refractivity contribution in [2.24, 2.45) is 0 Å². The van der Waals surface area contributed by atoms with Crippen LogP contribution < -0.4 is 0 Å². The van der Waals surface area contributed by atoms with Crippen LogP contribution in [-0.4, -0.2) is 41.0 Å². The summed E-state index contributed by atoms with van der Waals surface area (Å²) in [6.07, 6.45) is 0.523. The van der Waals surface area contributed by atoms with E-state index in [0.717, 1.165) is 6.07 Å². The van der Waals surface area contributed by atoms with E-state index in [4.69, 9.17) is 11.6 Å². The van der Waals surface area contributed by atoms with Crippen LogP contribution >= 0.6 is 11.6 Å². The molecule has 0 bridgehead atoms. The minimum atomic E-state index is -0.854. The molecular formula is C14H18ClF2N3. The number of fused-ring (bicyclic) bond motifs is 1. The minimum Gasteiger partial charge on any atom is -0.321 e. The topological polar surface area (TPSA) is 21.1 Å². The van der Waals surface area contributed by atoms with Crippen LogP contribution in [-0.2, 0) is 6.42 Å². The highest BCUT2D eigenvalue weighted by atomic mass is 35.5. The number of hydrogen-bond acceptors (Lipinski definition) is 2. The number of nitrogens with zero attached hydrogens (tertiary/aromatic N) is 3. The first kappa shape index (κ1) is 15.2. The molecule has 0 aliphatic rings. The smallest absolute Gasteiger partial charge is 0.184 e. The van der Waals surface area contributed by atoms with E-state index >= 15 is 0 Å². The fraction of sp³-hybridized carbons (Fsp3) is 0.500. The summed E-state index contributed by atoms with van der Waals surface area (Å²) in [6, 6.07) is 2.59. The molecule has 0 aliphatic heterocycles. The van der Waals surface area contributed by atoms with E-state index in [9.17, 15) is 8.78 Å². The van der Waals surface area contributed by atoms with Crippen LogP contribution in [0.2, 0.25) is 0 Å². The SMILES string of the molecule is CC(CN(C)C)n1c(CCCl)nc2ccc(F)c(F)c21. The Balaban J connectivity index is 2.63. The Morgan fingerprint density at radius 2 is 2.05 bits per heavy atom. The lowest BCUT2D eigenvalue weighted by atomic mass is 10.2. The Morgan fingerprint density at radius 3 is 2.65 bits per heavy atom. The van der Waals surface area contributed by atoms with Crippen molar-refractivity contribution in [2.75, 3.05) is 26.5 Å². The normalized spacial score (nSPS) is 13.3. The molecule has 0 N–H and O–H groups in total. The van der Waals surface area contributed by atoms with Gasteiger partial charge in [-0.2, -0.15) is 0 Å². The van der Waals surface area contributed by atoms with Gasteiger partial charge in [0.25, 0.3) is 0 Å². The Labute approximate surface area is 122 Å². The highest BCUT2D eigenvalue weighted by molar-refractivity contribution is 6.17. The zero-order chi connectivity index (χ0) is 14.9. The summed E-state index contributed by atoms with van der Waals surface area (Å²) in [5.41, 5.74) is 0.689. The predicted molar refractivity (Wildman–Crippen MR) is 77.3 cm³/mol. The van der Waals surface area contributed by atoms with Gasteiger partial charge in [0.05, 0.1) is 5.52 Å². The maximum Gasteiger partial charge on any atom is 0.184 e. The third kappa shape index (κ3) is 2.79. The van der Waals surface area contributed by atoms with Gasteiger partial charge in [-0.25, -0.2) is 13.8 Å². The lowest BCUT2D eigenvalue weighted by Gasteiger charge is -2.21. The first-order valence-corrected chi connectivity index (χ1v) is 7.04. The molecule has 0 fully saturated rings. The number of aromatic nitrogens is 2. The molecule has 0 spiro atoms. The number of hydrogen-bond donors (Lipinski definition) is 0. The van der Waals surface area contributed by atoms with Crippen LogP contribution in [0.25, 0.3) is 11.0 Å². The second kappa shape index (κ2) is 6.06. The molecule has 0 radical (unpaired) electrons. The Hall–Kier alpha value is -1.20. The molecule has 0 saturated heterocycles. The molecule has 20 heavy (non-hydrogen) atoms. The number of aryl methyl sites for hydroxylation is 1. The second-order valence-electron chi connectivity index (χ2n) is 5.18. The number of benzene rings is 1. The first-order chi connectivity index (χ1) is 9.45. The van der Waals surface area contributed by atoms with Crippen molar-refractivity contribution < 1.29 is 8.78 Å². The Bertz CT molecular complexity index is 610. The summed E-state index contributed by atoms with van der Waals surface area (Å²) in [4.78, 5) is 6.38. The first-order valence-electron chi connectivity index (χ1n) is 6.51. The van der Waals surface area contributed by atoms with Crippen molar-refractivity contribution in [2.45, 2.75) is 19.4 Å². The van der Waals surface area contributed by atoms with Gasteiger partial charge in [0.15, 0.2) is 11.6 Å². The molecule has 0 amide bonds. The molecule has 1 atom stereocenters. The summed E-state index contributed by atoms with van der Waals surface area (Å²) in [7, 11) is 3.88. The van der Waals surface area contributed by atoms with E-state index in [2.05, 4.69) is 4.98 Å². The van der Waals surface area contributed by atoms with Gasteiger partial charge in [0.1, 0.15) is 11.3 Å². The van der Waals surface area contributed by atoms with Gasteiger partial charge < -0.3 is 9.47 Å². The summed E-state index contributed by atoms with van der Waals surface area (Å²) in [6.45, 7) is 2.67. The molecular weight excluding hydrogens is 284 g/mol. The van der Waals surface area contributed by atoms with Crippen LogP contribution in [0.1, 0.15) is 18.8 Å². The minimum absolute atomic E-state index is 0.0236. The summed E-state index contributed by atoms with van der Waals surface area (Å²) < 4.78 is 29.4. The highest BCUT2D eigenvalue weighted by Gasteiger charge is 2.20. The van der Waals surface area contributed by atoms with Gasteiger partial charge in [-0.05, 0) is 33.2 Å².